The van der Waals surface area contributed by atoms with Crippen molar-refractivity contribution in [1.29, 1.82) is 0 Å². The summed E-state index contributed by atoms with van der Waals surface area (Å²) in [6.07, 6.45) is -4.17. The summed E-state index contributed by atoms with van der Waals surface area (Å²) in [5.41, 5.74) is 5.53. The van der Waals surface area contributed by atoms with Crippen LogP contribution in [0.4, 0.5) is 13.2 Å². The van der Waals surface area contributed by atoms with Gasteiger partial charge in [0.2, 0.25) is 0 Å². The number of alkyl halides is 3. The van der Waals surface area contributed by atoms with Crippen molar-refractivity contribution in [1.82, 2.24) is 15.2 Å². The largest absolute Gasteiger partial charge is 0.490 e. The topological polar surface area (TPSA) is 83.4 Å². The van der Waals surface area contributed by atoms with Crippen LogP contribution in [0.2, 0.25) is 0 Å². The fraction of sp³-hybridized carbons (Fsp3) is 0.273. The van der Waals surface area contributed by atoms with Crippen LogP contribution in [0.25, 0.3) is 10.9 Å². The highest BCUT2D eigenvalue weighted by Gasteiger charge is 2.38. The van der Waals surface area contributed by atoms with E-state index < -0.39 is 12.1 Å². The van der Waals surface area contributed by atoms with Crippen LogP contribution in [-0.4, -0.2) is 34.3 Å². The van der Waals surface area contributed by atoms with Gasteiger partial charge in [0.25, 0.3) is 5.91 Å². The summed E-state index contributed by atoms with van der Waals surface area (Å²) in [5.74, 6) is -2.72. The van der Waals surface area contributed by atoms with Crippen LogP contribution >= 0.6 is 15.9 Å². The zero-order valence-electron chi connectivity index (χ0n) is 17.1. The number of nitrogens with one attached hydrogen (secondary N) is 2. The molecular weight excluding hydrogens is 491 g/mol. The third kappa shape index (κ3) is 5.31. The van der Waals surface area contributed by atoms with Crippen LogP contribution < -0.4 is 10.6 Å². The molecule has 1 aliphatic heterocycles. The molecule has 0 spiro atoms. The maximum Gasteiger partial charge on any atom is 0.490 e. The molecule has 3 aromatic rings. The maximum absolute atomic E-state index is 12.0. The van der Waals surface area contributed by atoms with E-state index in [4.69, 9.17) is 9.90 Å². The summed E-state index contributed by atoms with van der Waals surface area (Å²) in [6.45, 7) is 2.22. The van der Waals surface area contributed by atoms with Gasteiger partial charge in [0.15, 0.2) is 0 Å². The Morgan fingerprint density at radius 1 is 1.22 bits per heavy atom. The van der Waals surface area contributed by atoms with E-state index in [-0.39, 0.29) is 5.91 Å². The second-order valence-corrected chi connectivity index (χ2v) is 8.03. The molecule has 2 aromatic carbocycles. The first kappa shape index (κ1) is 23.8. The van der Waals surface area contributed by atoms with Gasteiger partial charge in [-0.1, -0.05) is 30.3 Å². The van der Waals surface area contributed by atoms with Crippen molar-refractivity contribution in [2.24, 2.45) is 7.05 Å². The van der Waals surface area contributed by atoms with Crippen LogP contribution in [-0.2, 0) is 31.4 Å². The number of benzene rings is 2. The van der Waals surface area contributed by atoms with Crippen molar-refractivity contribution in [3.8, 4) is 0 Å². The summed E-state index contributed by atoms with van der Waals surface area (Å²) >= 11 is 3.73. The molecule has 0 saturated heterocycles. The van der Waals surface area contributed by atoms with E-state index in [1.54, 1.807) is 0 Å². The molecule has 0 bridgehead atoms. The Morgan fingerprint density at radius 3 is 2.56 bits per heavy atom. The predicted octanol–water partition coefficient (Wildman–Crippen LogP) is 4.15. The molecule has 0 aliphatic carbocycles. The number of hydrogen-bond acceptors (Lipinski definition) is 3. The monoisotopic (exact) mass is 511 g/mol. The number of aromatic nitrogens is 1. The normalized spacial score (nSPS) is 13.2. The van der Waals surface area contributed by atoms with Crippen LogP contribution in [0.5, 0.6) is 0 Å². The molecule has 6 nitrogen and oxygen atoms in total. The smallest absolute Gasteiger partial charge is 0.475 e. The van der Waals surface area contributed by atoms with Crippen molar-refractivity contribution in [2.75, 3.05) is 6.54 Å². The van der Waals surface area contributed by atoms with Crippen molar-refractivity contribution in [3.05, 3.63) is 69.3 Å². The number of fused-ring (bicyclic) bond motifs is 2. The Bertz CT molecular complexity index is 1120. The molecule has 1 aromatic heterocycles. The SMILES string of the molecule is Cn1c(CNCc2ccc3c(c2)C(=O)NCC3)c(Br)c2ccccc21.O=C(O)C(F)(F)F. The number of carboxylic acids is 1. The lowest BCUT2D eigenvalue weighted by Crippen LogP contribution is -2.32. The molecule has 170 valence electrons. The molecule has 3 N–H and O–H groups in total. The van der Waals surface area contributed by atoms with Crippen molar-refractivity contribution in [3.63, 3.8) is 0 Å². The molecule has 0 unspecified atom stereocenters. The van der Waals surface area contributed by atoms with Gasteiger partial charge in [-0.2, -0.15) is 13.2 Å². The van der Waals surface area contributed by atoms with Gasteiger partial charge in [-0.15, -0.1) is 0 Å². The molecule has 0 saturated carbocycles. The van der Waals surface area contributed by atoms with E-state index in [0.29, 0.717) is 0 Å². The first-order chi connectivity index (χ1) is 15.1. The van der Waals surface area contributed by atoms with Gasteiger partial charge in [-0.25, -0.2) is 4.79 Å². The van der Waals surface area contributed by atoms with Crippen molar-refractivity contribution >= 4 is 38.7 Å². The average molecular weight is 512 g/mol. The highest BCUT2D eigenvalue weighted by molar-refractivity contribution is 9.10. The molecule has 1 amide bonds. The second kappa shape index (κ2) is 9.74. The fourth-order valence-electron chi connectivity index (χ4n) is 3.49. The molecule has 4 rings (SSSR count). The van der Waals surface area contributed by atoms with Crippen molar-refractivity contribution in [2.45, 2.75) is 25.7 Å². The lowest BCUT2D eigenvalue weighted by atomic mass is 9.98. The number of nitrogens with zero attached hydrogens (tertiary/aromatic N) is 1. The number of aryl methyl sites for hydroxylation is 1. The Morgan fingerprint density at radius 2 is 1.91 bits per heavy atom. The highest BCUT2D eigenvalue weighted by Crippen LogP contribution is 2.30. The lowest BCUT2D eigenvalue weighted by molar-refractivity contribution is -0.192. The number of carbonyl (C=O) groups is 2. The van der Waals surface area contributed by atoms with Gasteiger partial charge in [0, 0.05) is 53.3 Å². The number of amides is 1. The lowest BCUT2D eigenvalue weighted by Gasteiger charge is -2.17. The number of halogens is 4. The average Bonchev–Trinajstić information content (AvgIpc) is 2.99. The van der Waals surface area contributed by atoms with Gasteiger partial charge in [-0.05, 0) is 45.6 Å². The first-order valence-electron chi connectivity index (χ1n) is 9.72. The van der Waals surface area contributed by atoms with Gasteiger partial charge >= 0.3 is 12.1 Å². The Hall–Kier alpha value is -2.85. The third-order valence-electron chi connectivity index (χ3n) is 5.12. The zero-order chi connectivity index (χ0) is 23.5. The molecule has 32 heavy (non-hydrogen) atoms. The minimum Gasteiger partial charge on any atom is -0.475 e. The van der Waals surface area contributed by atoms with E-state index in [1.807, 2.05) is 6.07 Å². The second-order valence-electron chi connectivity index (χ2n) is 7.24. The number of carbonyl (C=O) groups excluding carboxylic acids is 1. The number of rotatable bonds is 4. The Kier molecular flexibility index (Phi) is 7.25. The molecule has 0 atom stereocenters. The van der Waals surface area contributed by atoms with Crippen LogP contribution in [0, 0.1) is 0 Å². The van der Waals surface area contributed by atoms with E-state index in [9.17, 15) is 18.0 Å². The minimum atomic E-state index is -5.08. The zero-order valence-corrected chi connectivity index (χ0v) is 18.7. The summed E-state index contributed by atoms with van der Waals surface area (Å²) in [5, 5.41) is 14.8. The number of hydrogen-bond donors (Lipinski definition) is 3. The van der Waals surface area contributed by atoms with Crippen LogP contribution in [0.15, 0.2) is 46.9 Å². The highest BCUT2D eigenvalue weighted by atomic mass is 79.9. The van der Waals surface area contributed by atoms with Crippen molar-refractivity contribution < 1.29 is 27.9 Å². The van der Waals surface area contributed by atoms with Gasteiger partial charge in [-0.3, -0.25) is 4.79 Å². The van der Waals surface area contributed by atoms with Gasteiger partial charge < -0.3 is 20.3 Å². The third-order valence-corrected chi connectivity index (χ3v) is 6.01. The van der Waals surface area contributed by atoms with Crippen LogP contribution in [0.3, 0.4) is 0 Å². The molecule has 0 fully saturated rings. The van der Waals surface area contributed by atoms with E-state index in [2.05, 4.69) is 74.6 Å². The predicted molar refractivity (Wildman–Crippen MR) is 117 cm³/mol. The van der Waals surface area contributed by atoms with E-state index in [1.165, 1.54) is 16.6 Å². The van der Waals surface area contributed by atoms with Gasteiger partial charge in [0.1, 0.15) is 0 Å². The van der Waals surface area contributed by atoms with Gasteiger partial charge in [0.05, 0.1) is 0 Å². The summed E-state index contributed by atoms with van der Waals surface area (Å²) in [4.78, 5) is 20.9. The summed E-state index contributed by atoms with van der Waals surface area (Å²) in [7, 11) is 2.09. The molecular formula is C22H21BrF3N3O3. The quantitative estimate of drug-likeness (QED) is 0.491. The minimum absolute atomic E-state index is 0.0412. The van der Waals surface area contributed by atoms with E-state index in [0.717, 1.165) is 47.2 Å². The number of aliphatic carboxylic acids is 1. The first-order valence-corrected chi connectivity index (χ1v) is 10.5. The summed E-state index contributed by atoms with van der Waals surface area (Å²) in [6, 6.07) is 14.6. The fourth-order valence-corrected chi connectivity index (χ4v) is 4.23. The maximum atomic E-state index is 12.0. The Labute approximate surface area is 190 Å². The Balaban J connectivity index is 0.000000360. The number of para-hydroxylation sites is 1. The standard InChI is InChI=1S/C20H20BrN3O.C2HF3O2/c1-24-17-5-3-2-4-15(17)19(21)18(24)12-22-11-13-6-7-14-8-9-23-20(25)16(14)10-13;3-2(4,5)1(6)7/h2-7,10,22H,8-9,11-12H2,1H3,(H,23,25);(H,6,7). The van der Waals surface area contributed by atoms with E-state index >= 15 is 0 Å². The van der Waals surface area contributed by atoms with Crippen LogP contribution in [0.1, 0.15) is 27.2 Å². The molecule has 0 radical (unpaired) electrons. The molecule has 1 aliphatic rings. The summed E-state index contributed by atoms with van der Waals surface area (Å²) < 4.78 is 35.1. The molecule has 2 heterocycles. The molecule has 10 heteroatoms. The number of carboxylic acid groups (broad SMARTS) is 1.